The van der Waals surface area contributed by atoms with Gasteiger partial charge in [-0.25, -0.2) is 0 Å². The molecule has 3 fully saturated rings. The van der Waals surface area contributed by atoms with Gasteiger partial charge >= 0.3 is 0 Å². The van der Waals surface area contributed by atoms with Gasteiger partial charge in [0.2, 0.25) is 0 Å². The average molecular weight is 421 g/mol. The SMILES string of the molecule is COc1cc(CNC2CN3CCC2CC3)cc(Cl)c1OCc1ccc(Cl)cc1. The maximum atomic E-state index is 6.53. The van der Waals surface area contributed by atoms with Gasteiger partial charge in [0.1, 0.15) is 6.61 Å². The van der Waals surface area contributed by atoms with Crippen LogP contribution in [0.5, 0.6) is 11.5 Å². The Labute approximate surface area is 176 Å². The molecule has 1 atom stereocenters. The highest BCUT2D eigenvalue weighted by molar-refractivity contribution is 6.32. The van der Waals surface area contributed by atoms with Crippen molar-refractivity contribution in [1.82, 2.24) is 10.2 Å². The molecule has 3 heterocycles. The second-order valence-electron chi connectivity index (χ2n) is 7.65. The number of ether oxygens (including phenoxy) is 2. The quantitative estimate of drug-likeness (QED) is 0.699. The molecule has 28 heavy (non-hydrogen) atoms. The molecule has 0 spiro atoms. The molecular weight excluding hydrogens is 395 g/mol. The van der Waals surface area contributed by atoms with Gasteiger partial charge in [0.25, 0.3) is 0 Å². The summed E-state index contributed by atoms with van der Waals surface area (Å²) in [6.07, 6.45) is 2.61. The van der Waals surface area contributed by atoms with Crippen molar-refractivity contribution in [2.45, 2.75) is 32.0 Å². The van der Waals surface area contributed by atoms with Crippen LogP contribution in [0.2, 0.25) is 10.0 Å². The number of halogens is 2. The second kappa shape index (κ2) is 8.91. The second-order valence-corrected chi connectivity index (χ2v) is 8.49. The number of methoxy groups -OCH3 is 1. The molecule has 6 heteroatoms. The van der Waals surface area contributed by atoms with Crippen LogP contribution in [-0.4, -0.2) is 37.7 Å². The van der Waals surface area contributed by atoms with Crippen LogP contribution in [0.25, 0.3) is 0 Å². The van der Waals surface area contributed by atoms with Crippen LogP contribution < -0.4 is 14.8 Å². The third-order valence-electron chi connectivity index (χ3n) is 5.81. The summed E-state index contributed by atoms with van der Waals surface area (Å²) in [5, 5.41) is 5.00. The Hall–Kier alpha value is -1.46. The van der Waals surface area contributed by atoms with E-state index in [2.05, 4.69) is 10.2 Å². The van der Waals surface area contributed by atoms with E-state index in [1.54, 1.807) is 7.11 Å². The van der Waals surface area contributed by atoms with Gasteiger partial charge in [0, 0.05) is 24.2 Å². The van der Waals surface area contributed by atoms with E-state index in [1.807, 2.05) is 36.4 Å². The summed E-state index contributed by atoms with van der Waals surface area (Å²) in [7, 11) is 1.64. The minimum atomic E-state index is 0.407. The lowest BCUT2D eigenvalue weighted by Gasteiger charge is -2.45. The zero-order chi connectivity index (χ0) is 19.5. The molecule has 0 aliphatic carbocycles. The molecular formula is C22H26Cl2N2O2. The van der Waals surface area contributed by atoms with Gasteiger partial charge in [-0.2, -0.15) is 0 Å². The summed E-state index contributed by atoms with van der Waals surface area (Å²) in [5.41, 5.74) is 2.13. The maximum Gasteiger partial charge on any atom is 0.180 e. The number of piperidine rings is 3. The molecule has 2 bridgehead atoms. The normalized spacial score (nSPS) is 23.6. The smallest absolute Gasteiger partial charge is 0.180 e. The standard InChI is InChI=1S/C22H26Cl2N2O2/c1-27-21-11-16(12-25-20-13-26-8-6-17(20)7-9-26)10-19(24)22(21)28-14-15-2-4-18(23)5-3-15/h2-5,10-11,17,20,25H,6-9,12-14H2,1H3. The van der Waals surface area contributed by atoms with E-state index in [-0.39, 0.29) is 0 Å². The summed E-state index contributed by atoms with van der Waals surface area (Å²) in [6, 6.07) is 12.1. The first kappa shape index (κ1) is 19.8. The summed E-state index contributed by atoms with van der Waals surface area (Å²) in [6.45, 7) is 4.84. The number of rotatable bonds is 7. The first-order valence-electron chi connectivity index (χ1n) is 9.82. The van der Waals surface area contributed by atoms with Crippen molar-refractivity contribution in [1.29, 1.82) is 0 Å². The fourth-order valence-corrected chi connectivity index (χ4v) is 4.61. The van der Waals surface area contributed by atoms with E-state index in [0.717, 1.165) is 30.1 Å². The first-order valence-corrected chi connectivity index (χ1v) is 10.6. The largest absolute Gasteiger partial charge is 0.493 e. The van der Waals surface area contributed by atoms with Crippen molar-refractivity contribution in [2.75, 3.05) is 26.7 Å². The van der Waals surface area contributed by atoms with E-state index in [4.69, 9.17) is 32.7 Å². The summed E-state index contributed by atoms with van der Waals surface area (Å²) < 4.78 is 11.5. The lowest BCUT2D eigenvalue weighted by molar-refractivity contribution is 0.0720. The van der Waals surface area contributed by atoms with Crippen molar-refractivity contribution < 1.29 is 9.47 Å². The minimum Gasteiger partial charge on any atom is -0.493 e. The van der Waals surface area contributed by atoms with Crippen molar-refractivity contribution in [3.8, 4) is 11.5 Å². The van der Waals surface area contributed by atoms with Gasteiger partial charge in [-0.05, 0) is 67.2 Å². The number of fused-ring (bicyclic) bond motifs is 3. The number of benzene rings is 2. The van der Waals surface area contributed by atoms with Crippen molar-refractivity contribution in [3.63, 3.8) is 0 Å². The van der Waals surface area contributed by atoms with E-state index in [9.17, 15) is 0 Å². The molecule has 1 N–H and O–H groups in total. The number of hydrogen-bond donors (Lipinski definition) is 1. The van der Waals surface area contributed by atoms with E-state index in [0.29, 0.717) is 34.2 Å². The topological polar surface area (TPSA) is 33.7 Å². The van der Waals surface area contributed by atoms with Gasteiger partial charge in [0.05, 0.1) is 12.1 Å². The third kappa shape index (κ3) is 4.57. The van der Waals surface area contributed by atoms with E-state index < -0.39 is 0 Å². The molecule has 3 saturated heterocycles. The lowest BCUT2D eigenvalue weighted by Crippen LogP contribution is -2.55. The van der Waals surface area contributed by atoms with Gasteiger partial charge in [-0.1, -0.05) is 35.3 Å². The van der Waals surface area contributed by atoms with E-state index in [1.165, 1.54) is 25.9 Å². The zero-order valence-corrected chi connectivity index (χ0v) is 17.6. The molecule has 5 rings (SSSR count). The number of nitrogens with one attached hydrogen (secondary N) is 1. The number of hydrogen-bond acceptors (Lipinski definition) is 4. The van der Waals surface area contributed by atoms with Crippen LogP contribution in [0.3, 0.4) is 0 Å². The van der Waals surface area contributed by atoms with Crippen LogP contribution in [0, 0.1) is 5.92 Å². The minimum absolute atomic E-state index is 0.407. The Morgan fingerprint density at radius 3 is 2.46 bits per heavy atom. The summed E-state index contributed by atoms with van der Waals surface area (Å²) in [5.74, 6) is 2.03. The Morgan fingerprint density at radius 1 is 1.07 bits per heavy atom. The Kier molecular flexibility index (Phi) is 6.32. The molecule has 2 aromatic rings. The monoisotopic (exact) mass is 420 g/mol. The Balaban J connectivity index is 1.40. The molecule has 1 unspecified atom stereocenters. The Bertz CT molecular complexity index is 805. The molecule has 0 radical (unpaired) electrons. The first-order chi connectivity index (χ1) is 13.6. The van der Waals surface area contributed by atoms with Gasteiger partial charge < -0.3 is 19.7 Å². The highest BCUT2D eigenvalue weighted by Crippen LogP contribution is 2.37. The van der Waals surface area contributed by atoms with Crippen LogP contribution in [0.15, 0.2) is 36.4 Å². The molecule has 3 aliphatic rings. The summed E-state index contributed by atoms with van der Waals surface area (Å²) >= 11 is 12.5. The molecule has 0 aromatic heterocycles. The molecule has 2 aromatic carbocycles. The Morgan fingerprint density at radius 2 is 1.82 bits per heavy atom. The van der Waals surface area contributed by atoms with Gasteiger partial charge in [0.15, 0.2) is 11.5 Å². The van der Waals surface area contributed by atoms with Crippen LogP contribution >= 0.6 is 23.2 Å². The molecule has 3 aliphatic heterocycles. The van der Waals surface area contributed by atoms with Gasteiger partial charge in [-0.15, -0.1) is 0 Å². The molecule has 0 amide bonds. The van der Waals surface area contributed by atoms with Crippen molar-refractivity contribution >= 4 is 23.2 Å². The van der Waals surface area contributed by atoms with Gasteiger partial charge in [-0.3, -0.25) is 0 Å². The molecule has 150 valence electrons. The predicted molar refractivity (Wildman–Crippen MR) is 114 cm³/mol. The highest BCUT2D eigenvalue weighted by Gasteiger charge is 2.33. The van der Waals surface area contributed by atoms with Crippen molar-refractivity contribution in [3.05, 3.63) is 57.6 Å². The molecule has 4 nitrogen and oxygen atoms in total. The summed E-state index contributed by atoms with van der Waals surface area (Å²) in [4.78, 5) is 2.55. The van der Waals surface area contributed by atoms with Crippen LogP contribution in [-0.2, 0) is 13.2 Å². The fraction of sp³-hybridized carbons (Fsp3) is 0.455. The predicted octanol–water partition coefficient (Wildman–Crippen LogP) is 4.76. The lowest BCUT2D eigenvalue weighted by atomic mass is 9.84. The zero-order valence-electron chi connectivity index (χ0n) is 16.1. The molecule has 0 saturated carbocycles. The fourth-order valence-electron chi connectivity index (χ4n) is 4.20. The highest BCUT2D eigenvalue weighted by atomic mass is 35.5. The van der Waals surface area contributed by atoms with Crippen LogP contribution in [0.4, 0.5) is 0 Å². The van der Waals surface area contributed by atoms with Crippen molar-refractivity contribution in [2.24, 2.45) is 5.92 Å². The number of nitrogens with zero attached hydrogens (tertiary/aromatic N) is 1. The van der Waals surface area contributed by atoms with E-state index >= 15 is 0 Å². The average Bonchev–Trinajstić information content (AvgIpc) is 2.73. The maximum absolute atomic E-state index is 6.53. The third-order valence-corrected chi connectivity index (χ3v) is 6.34. The van der Waals surface area contributed by atoms with Crippen LogP contribution in [0.1, 0.15) is 24.0 Å².